The van der Waals surface area contributed by atoms with Crippen molar-refractivity contribution >= 4 is 28.5 Å². The zero-order valence-corrected chi connectivity index (χ0v) is 15.7. The minimum Gasteiger partial charge on any atom is -0.481 e. The van der Waals surface area contributed by atoms with E-state index in [4.69, 9.17) is 4.42 Å². The zero-order chi connectivity index (χ0) is 20.4. The monoisotopic (exact) mass is 396 g/mol. The molecule has 0 bridgehead atoms. The minimum absolute atomic E-state index is 0.263. The maximum absolute atomic E-state index is 13.1. The Labute approximate surface area is 166 Å². The van der Waals surface area contributed by atoms with Crippen LogP contribution in [0.15, 0.2) is 59.0 Å². The van der Waals surface area contributed by atoms with Crippen molar-refractivity contribution in [3.63, 3.8) is 0 Å². The number of hydrogen-bond acceptors (Lipinski definition) is 4. The molecule has 4 rings (SSSR count). The van der Waals surface area contributed by atoms with Crippen molar-refractivity contribution in [2.75, 3.05) is 18.4 Å². The number of carboxylic acids is 1. The normalized spacial score (nSPS) is 19.9. The van der Waals surface area contributed by atoms with Crippen LogP contribution in [0.3, 0.4) is 0 Å². The topological polar surface area (TPSA) is 82.8 Å². The highest BCUT2D eigenvalue weighted by atomic mass is 19.1. The Balaban J connectivity index is 1.48. The van der Waals surface area contributed by atoms with E-state index in [9.17, 15) is 19.1 Å². The Morgan fingerprint density at radius 1 is 1.10 bits per heavy atom. The van der Waals surface area contributed by atoms with E-state index < -0.39 is 17.8 Å². The van der Waals surface area contributed by atoms with E-state index in [1.165, 1.54) is 24.3 Å². The number of nitrogens with one attached hydrogen (secondary N) is 1. The van der Waals surface area contributed by atoms with Gasteiger partial charge in [-0.1, -0.05) is 18.2 Å². The number of fused-ring (bicyclic) bond motifs is 1. The van der Waals surface area contributed by atoms with Gasteiger partial charge in [0.05, 0.1) is 18.4 Å². The quantitative estimate of drug-likeness (QED) is 0.687. The molecule has 1 fully saturated rings. The third-order valence-electron chi connectivity index (χ3n) is 5.21. The molecule has 0 saturated carbocycles. The summed E-state index contributed by atoms with van der Waals surface area (Å²) < 4.78 is 18.9. The zero-order valence-electron chi connectivity index (χ0n) is 15.7. The smallest absolute Gasteiger partial charge is 0.307 e. The van der Waals surface area contributed by atoms with Gasteiger partial charge in [-0.3, -0.25) is 14.5 Å². The molecule has 3 aromatic rings. The van der Waals surface area contributed by atoms with E-state index >= 15 is 0 Å². The van der Waals surface area contributed by atoms with Gasteiger partial charge in [0.25, 0.3) is 0 Å². The highest BCUT2D eigenvalue weighted by Crippen LogP contribution is 2.27. The van der Waals surface area contributed by atoms with Gasteiger partial charge in [0.2, 0.25) is 5.91 Å². The van der Waals surface area contributed by atoms with Crippen molar-refractivity contribution in [1.29, 1.82) is 0 Å². The van der Waals surface area contributed by atoms with Crippen LogP contribution >= 0.6 is 0 Å². The summed E-state index contributed by atoms with van der Waals surface area (Å²) in [6, 6.07) is 15.1. The average molecular weight is 396 g/mol. The lowest BCUT2D eigenvalue weighted by Crippen LogP contribution is -2.46. The van der Waals surface area contributed by atoms with Gasteiger partial charge < -0.3 is 14.8 Å². The molecular formula is C22H21FN2O4. The number of furan rings is 1. The summed E-state index contributed by atoms with van der Waals surface area (Å²) in [5.74, 6) is -1.97. The molecule has 2 heterocycles. The van der Waals surface area contributed by atoms with Crippen molar-refractivity contribution in [2.24, 2.45) is 11.8 Å². The predicted octanol–water partition coefficient (Wildman–Crippen LogP) is 3.73. The molecule has 7 heteroatoms. The van der Waals surface area contributed by atoms with Gasteiger partial charge in [-0.15, -0.1) is 0 Å². The first-order valence-electron chi connectivity index (χ1n) is 9.47. The van der Waals surface area contributed by atoms with E-state index in [1.54, 1.807) is 0 Å². The first kappa shape index (κ1) is 19.1. The lowest BCUT2D eigenvalue weighted by atomic mass is 9.88. The van der Waals surface area contributed by atoms with Crippen molar-refractivity contribution in [2.45, 2.75) is 13.0 Å². The molecule has 1 aliphatic rings. The van der Waals surface area contributed by atoms with Crippen LogP contribution in [0, 0.1) is 17.7 Å². The van der Waals surface area contributed by atoms with E-state index in [0.717, 1.165) is 16.7 Å². The van der Waals surface area contributed by atoms with Gasteiger partial charge in [0.1, 0.15) is 17.2 Å². The van der Waals surface area contributed by atoms with Gasteiger partial charge >= 0.3 is 5.97 Å². The van der Waals surface area contributed by atoms with Crippen LogP contribution in [0.4, 0.5) is 10.1 Å². The maximum atomic E-state index is 13.1. The summed E-state index contributed by atoms with van der Waals surface area (Å²) in [5, 5.41) is 13.3. The summed E-state index contributed by atoms with van der Waals surface area (Å²) >= 11 is 0. The number of para-hydroxylation sites is 1. The fourth-order valence-corrected chi connectivity index (χ4v) is 3.80. The number of amides is 1. The molecule has 0 spiro atoms. The molecule has 150 valence electrons. The molecule has 1 aromatic heterocycles. The number of rotatable bonds is 5. The standard InChI is InChI=1S/C22H21FN2O4/c23-17-5-7-18(8-6-17)24-21(26)15-9-16(22(27)28)12-25(11-15)13-19-10-14-3-1-2-4-20(14)29-19/h1-8,10,15-16H,9,11-13H2,(H,24,26)(H,27,28)/t15-,16-/m0/s1. The van der Waals surface area contributed by atoms with Crippen LogP contribution in [0.1, 0.15) is 12.2 Å². The van der Waals surface area contributed by atoms with Crippen LogP contribution in [0.2, 0.25) is 0 Å². The number of carbonyl (C=O) groups excluding carboxylic acids is 1. The lowest BCUT2D eigenvalue weighted by Gasteiger charge is -2.35. The molecule has 2 N–H and O–H groups in total. The summed E-state index contributed by atoms with van der Waals surface area (Å²) in [7, 11) is 0. The molecule has 29 heavy (non-hydrogen) atoms. The number of likely N-dealkylation sites (tertiary alicyclic amines) is 1. The van der Waals surface area contributed by atoms with Gasteiger partial charge in [-0.05, 0) is 42.8 Å². The fraction of sp³-hybridized carbons (Fsp3) is 0.273. The molecule has 0 radical (unpaired) electrons. The second-order valence-electron chi connectivity index (χ2n) is 7.41. The SMILES string of the molecule is O=C(O)[C@H]1C[C@H](C(=O)Nc2ccc(F)cc2)CN(Cc2cc3ccccc3o2)C1. The van der Waals surface area contributed by atoms with Gasteiger partial charge in [0, 0.05) is 24.2 Å². The van der Waals surface area contributed by atoms with Crippen molar-refractivity contribution < 1.29 is 23.5 Å². The highest BCUT2D eigenvalue weighted by Gasteiger charge is 2.35. The van der Waals surface area contributed by atoms with Crippen molar-refractivity contribution in [3.8, 4) is 0 Å². The van der Waals surface area contributed by atoms with Crippen molar-refractivity contribution in [1.82, 2.24) is 4.90 Å². The summed E-state index contributed by atoms with van der Waals surface area (Å²) in [6.07, 6.45) is 0.263. The number of aliphatic carboxylic acids is 1. The maximum Gasteiger partial charge on any atom is 0.307 e. The first-order chi connectivity index (χ1) is 14.0. The Kier molecular flexibility index (Phi) is 5.31. The third kappa shape index (κ3) is 4.46. The molecule has 0 aliphatic carbocycles. The van der Waals surface area contributed by atoms with Crippen LogP contribution in [0.25, 0.3) is 11.0 Å². The van der Waals surface area contributed by atoms with Gasteiger partial charge in [-0.2, -0.15) is 0 Å². The summed E-state index contributed by atoms with van der Waals surface area (Å²) in [4.78, 5) is 26.3. The van der Waals surface area contributed by atoms with Crippen LogP contribution < -0.4 is 5.32 Å². The van der Waals surface area contributed by atoms with Crippen molar-refractivity contribution in [3.05, 3.63) is 66.2 Å². The molecule has 1 amide bonds. The van der Waals surface area contributed by atoms with E-state index in [1.807, 2.05) is 35.2 Å². The largest absolute Gasteiger partial charge is 0.481 e. The molecule has 0 unspecified atom stereocenters. The average Bonchev–Trinajstić information content (AvgIpc) is 3.11. The number of carboxylic acid groups (broad SMARTS) is 1. The second kappa shape index (κ2) is 8.05. The Bertz CT molecular complexity index is 998. The molecular weight excluding hydrogens is 375 g/mol. The second-order valence-corrected chi connectivity index (χ2v) is 7.41. The van der Waals surface area contributed by atoms with Gasteiger partial charge in [-0.25, -0.2) is 4.39 Å². The fourth-order valence-electron chi connectivity index (χ4n) is 3.80. The van der Waals surface area contributed by atoms with Crippen LogP contribution in [-0.2, 0) is 16.1 Å². The lowest BCUT2D eigenvalue weighted by molar-refractivity contribution is -0.145. The van der Waals surface area contributed by atoms with E-state index in [2.05, 4.69) is 5.32 Å². The van der Waals surface area contributed by atoms with Crippen LogP contribution in [0.5, 0.6) is 0 Å². The molecule has 2 aromatic carbocycles. The molecule has 2 atom stereocenters. The van der Waals surface area contributed by atoms with E-state index in [-0.39, 0.29) is 18.1 Å². The number of nitrogens with zero attached hydrogens (tertiary/aromatic N) is 1. The Hall–Kier alpha value is -3.19. The summed E-state index contributed by atoms with van der Waals surface area (Å²) in [5.41, 5.74) is 1.26. The number of piperidine rings is 1. The first-order valence-corrected chi connectivity index (χ1v) is 9.47. The summed E-state index contributed by atoms with van der Waals surface area (Å²) in [6.45, 7) is 1.21. The van der Waals surface area contributed by atoms with E-state index in [0.29, 0.717) is 25.3 Å². The molecule has 1 saturated heterocycles. The van der Waals surface area contributed by atoms with Gasteiger partial charge in [0.15, 0.2) is 0 Å². The molecule has 6 nitrogen and oxygen atoms in total. The Morgan fingerprint density at radius 2 is 1.83 bits per heavy atom. The Morgan fingerprint density at radius 3 is 2.55 bits per heavy atom. The number of anilines is 1. The highest BCUT2D eigenvalue weighted by molar-refractivity contribution is 5.93. The number of hydrogen-bond donors (Lipinski definition) is 2. The predicted molar refractivity (Wildman–Crippen MR) is 106 cm³/mol. The number of benzene rings is 2. The van der Waals surface area contributed by atoms with Crippen LogP contribution in [-0.4, -0.2) is 35.0 Å². The number of carbonyl (C=O) groups is 2. The minimum atomic E-state index is -0.918. The third-order valence-corrected chi connectivity index (χ3v) is 5.21. The molecule has 1 aliphatic heterocycles. The number of halogens is 1.